The van der Waals surface area contributed by atoms with Gasteiger partial charge < -0.3 is 10.2 Å². The van der Waals surface area contributed by atoms with Gasteiger partial charge in [-0.15, -0.1) is 0 Å². The summed E-state index contributed by atoms with van der Waals surface area (Å²) in [6.07, 6.45) is 2.50. The van der Waals surface area contributed by atoms with Crippen LogP contribution >= 0.6 is 0 Å². The largest absolute Gasteiger partial charge is 0.370 e. The first kappa shape index (κ1) is 15.1. The molecule has 2 atom stereocenters. The van der Waals surface area contributed by atoms with Crippen molar-refractivity contribution < 1.29 is 0 Å². The van der Waals surface area contributed by atoms with Crippen LogP contribution in [-0.2, 0) is 0 Å². The predicted molar refractivity (Wildman–Crippen MR) is 85.5 cm³/mol. The fraction of sp³-hybridized carbons (Fsp3) is 0.750. The molecule has 20 heavy (non-hydrogen) atoms. The van der Waals surface area contributed by atoms with E-state index in [1.807, 2.05) is 0 Å². The lowest BCUT2D eigenvalue weighted by Crippen LogP contribution is -2.41. The van der Waals surface area contributed by atoms with Gasteiger partial charge in [0.1, 0.15) is 17.5 Å². The second kappa shape index (κ2) is 6.42. The lowest BCUT2D eigenvalue weighted by Gasteiger charge is -2.37. The van der Waals surface area contributed by atoms with E-state index in [0.717, 1.165) is 36.5 Å². The summed E-state index contributed by atoms with van der Waals surface area (Å²) in [5.74, 6) is 4.14. The van der Waals surface area contributed by atoms with Crippen LogP contribution in [0.4, 0.5) is 11.6 Å². The second-order valence-electron chi connectivity index (χ2n) is 6.33. The van der Waals surface area contributed by atoms with E-state index in [9.17, 15) is 0 Å². The average molecular weight is 276 g/mol. The van der Waals surface area contributed by atoms with Crippen LogP contribution in [0.25, 0.3) is 0 Å². The zero-order valence-electron chi connectivity index (χ0n) is 13.5. The van der Waals surface area contributed by atoms with Gasteiger partial charge in [0, 0.05) is 31.1 Å². The molecule has 1 aromatic rings. The number of piperidine rings is 1. The van der Waals surface area contributed by atoms with Gasteiger partial charge in [0.05, 0.1) is 0 Å². The maximum absolute atomic E-state index is 4.79. The van der Waals surface area contributed by atoms with E-state index < -0.39 is 0 Å². The molecule has 112 valence electrons. The van der Waals surface area contributed by atoms with E-state index in [2.05, 4.69) is 55.9 Å². The minimum atomic E-state index is 0.353. The number of rotatable bonds is 4. The van der Waals surface area contributed by atoms with Gasteiger partial charge in [0.15, 0.2) is 0 Å². The molecule has 1 aliphatic rings. The van der Waals surface area contributed by atoms with Gasteiger partial charge in [-0.2, -0.15) is 0 Å². The molecule has 1 N–H and O–H groups in total. The number of hydrogen-bond acceptors (Lipinski definition) is 4. The van der Waals surface area contributed by atoms with Gasteiger partial charge >= 0.3 is 0 Å². The summed E-state index contributed by atoms with van der Waals surface area (Å²) >= 11 is 0. The van der Waals surface area contributed by atoms with Crippen molar-refractivity contribution in [1.29, 1.82) is 0 Å². The highest BCUT2D eigenvalue weighted by molar-refractivity contribution is 5.50. The molecule has 0 spiro atoms. The van der Waals surface area contributed by atoms with Crippen molar-refractivity contribution in [2.45, 2.75) is 59.4 Å². The Hall–Kier alpha value is -1.32. The van der Waals surface area contributed by atoms with Crippen LogP contribution in [-0.4, -0.2) is 29.1 Å². The van der Waals surface area contributed by atoms with Crippen LogP contribution in [0, 0.1) is 5.92 Å². The highest BCUT2D eigenvalue weighted by Gasteiger charge is 2.24. The summed E-state index contributed by atoms with van der Waals surface area (Å²) < 4.78 is 0. The van der Waals surface area contributed by atoms with Crippen molar-refractivity contribution in [1.82, 2.24) is 9.97 Å². The van der Waals surface area contributed by atoms with E-state index in [1.165, 1.54) is 12.8 Å². The number of hydrogen-bond donors (Lipinski definition) is 1. The Morgan fingerprint density at radius 3 is 2.70 bits per heavy atom. The fourth-order valence-electron chi connectivity index (χ4n) is 2.88. The lowest BCUT2D eigenvalue weighted by molar-refractivity contribution is 0.375. The maximum Gasteiger partial charge on any atom is 0.135 e. The Labute approximate surface area is 123 Å². The van der Waals surface area contributed by atoms with Gasteiger partial charge in [0.2, 0.25) is 0 Å². The Kier molecular flexibility index (Phi) is 4.84. The van der Waals surface area contributed by atoms with E-state index >= 15 is 0 Å². The summed E-state index contributed by atoms with van der Waals surface area (Å²) in [6.45, 7) is 13.0. The SMILES string of the molecule is CCNc1cc(N2CCC(C)CC2C)nc(C(C)C)n1. The van der Waals surface area contributed by atoms with Crippen LogP contribution in [0.5, 0.6) is 0 Å². The molecule has 1 aromatic heterocycles. The third-order valence-corrected chi connectivity index (χ3v) is 4.04. The Balaban J connectivity index is 2.29. The predicted octanol–water partition coefficient (Wildman–Crippen LogP) is 3.66. The first-order valence-electron chi connectivity index (χ1n) is 7.90. The molecule has 0 bridgehead atoms. The zero-order valence-corrected chi connectivity index (χ0v) is 13.5. The van der Waals surface area contributed by atoms with Crippen molar-refractivity contribution in [3.63, 3.8) is 0 Å². The molecule has 2 unspecified atom stereocenters. The molecule has 1 fully saturated rings. The van der Waals surface area contributed by atoms with Gasteiger partial charge in [-0.3, -0.25) is 0 Å². The quantitative estimate of drug-likeness (QED) is 0.911. The lowest BCUT2D eigenvalue weighted by atomic mass is 9.93. The molecule has 2 heterocycles. The van der Waals surface area contributed by atoms with Crippen molar-refractivity contribution >= 4 is 11.6 Å². The minimum absolute atomic E-state index is 0.353. The van der Waals surface area contributed by atoms with Crippen molar-refractivity contribution in [2.24, 2.45) is 5.92 Å². The van der Waals surface area contributed by atoms with Gasteiger partial charge in [-0.1, -0.05) is 20.8 Å². The van der Waals surface area contributed by atoms with Crippen molar-refractivity contribution in [3.8, 4) is 0 Å². The first-order chi connectivity index (χ1) is 9.51. The summed E-state index contributed by atoms with van der Waals surface area (Å²) in [6, 6.07) is 2.66. The van der Waals surface area contributed by atoms with E-state index in [0.29, 0.717) is 12.0 Å². The minimum Gasteiger partial charge on any atom is -0.370 e. The normalized spacial score (nSPS) is 23.2. The van der Waals surface area contributed by atoms with E-state index in [-0.39, 0.29) is 0 Å². The molecule has 0 saturated carbocycles. The van der Waals surface area contributed by atoms with E-state index in [4.69, 9.17) is 4.98 Å². The Morgan fingerprint density at radius 1 is 1.35 bits per heavy atom. The molecule has 0 amide bonds. The van der Waals surface area contributed by atoms with Gasteiger partial charge in [-0.05, 0) is 32.6 Å². The number of nitrogens with zero attached hydrogens (tertiary/aromatic N) is 3. The molecule has 0 aliphatic carbocycles. The van der Waals surface area contributed by atoms with Crippen LogP contribution < -0.4 is 10.2 Å². The van der Waals surface area contributed by atoms with Crippen molar-refractivity contribution in [3.05, 3.63) is 11.9 Å². The summed E-state index contributed by atoms with van der Waals surface area (Å²) in [7, 11) is 0. The Morgan fingerprint density at radius 2 is 2.10 bits per heavy atom. The number of anilines is 2. The van der Waals surface area contributed by atoms with Gasteiger partial charge in [-0.25, -0.2) is 9.97 Å². The van der Waals surface area contributed by atoms with Crippen LogP contribution in [0.1, 0.15) is 59.2 Å². The summed E-state index contributed by atoms with van der Waals surface area (Å²) in [5.41, 5.74) is 0. The second-order valence-corrected chi connectivity index (χ2v) is 6.33. The average Bonchev–Trinajstić information content (AvgIpc) is 2.38. The maximum atomic E-state index is 4.79. The topological polar surface area (TPSA) is 41.0 Å². The third kappa shape index (κ3) is 3.41. The summed E-state index contributed by atoms with van der Waals surface area (Å²) in [5, 5.41) is 3.33. The monoisotopic (exact) mass is 276 g/mol. The highest BCUT2D eigenvalue weighted by atomic mass is 15.2. The third-order valence-electron chi connectivity index (χ3n) is 4.04. The van der Waals surface area contributed by atoms with Crippen molar-refractivity contribution in [2.75, 3.05) is 23.3 Å². The molecule has 0 radical (unpaired) electrons. The fourth-order valence-corrected chi connectivity index (χ4v) is 2.88. The molecule has 0 aromatic carbocycles. The highest BCUT2D eigenvalue weighted by Crippen LogP contribution is 2.28. The number of aromatic nitrogens is 2. The summed E-state index contributed by atoms with van der Waals surface area (Å²) in [4.78, 5) is 11.8. The van der Waals surface area contributed by atoms with Crippen LogP contribution in [0.15, 0.2) is 6.07 Å². The molecular weight excluding hydrogens is 248 g/mol. The Bertz CT molecular complexity index is 444. The molecule has 1 aliphatic heterocycles. The standard InChI is InChI=1S/C16H28N4/c1-6-17-14-10-15(19-16(18-14)11(2)3)20-8-7-12(4)9-13(20)5/h10-13H,6-9H2,1-5H3,(H,17,18,19). The molecule has 4 heteroatoms. The van der Waals surface area contributed by atoms with E-state index in [1.54, 1.807) is 0 Å². The molecular formula is C16H28N4. The molecule has 2 rings (SSSR count). The van der Waals surface area contributed by atoms with Crippen LogP contribution in [0.3, 0.4) is 0 Å². The molecule has 4 nitrogen and oxygen atoms in total. The smallest absolute Gasteiger partial charge is 0.135 e. The number of nitrogens with one attached hydrogen (secondary N) is 1. The molecule has 1 saturated heterocycles. The van der Waals surface area contributed by atoms with Crippen LogP contribution in [0.2, 0.25) is 0 Å². The first-order valence-corrected chi connectivity index (χ1v) is 7.90. The van der Waals surface area contributed by atoms with Gasteiger partial charge in [0.25, 0.3) is 0 Å². The zero-order chi connectivity index (χ0) is 14.7.